The molecule has 1 aromatic heterocycles. The fourth-order valence-electron chi connectivity index (χ4n) is 2.05. The molecule has 0 aliphatic rings. The largest absolute Gasteiger partial charge is 0.256 e. The predicted molar refractivity (Wildman–Crippen MR) is 82.1 cm³/mol. The maximum Gasteiger partial charge on any atom is 0.0708 e. The Balaban J connectivity index is 2.04. The number of nitrogens with zero attached hydrogens (tertiary/aromatic N) is 1. The van der Waals surface area contributed by atoms with Crippen molar-refractivity contribution in [2.24, 2.45) is 0 Å². The van der Waals surface area contributed by atoms with Gasteiger partial charge in [0.15, 0.2) is 0 Å². The molecule has 0 atom stereocenters. The van der Waals surface area contributed by atoms with Gasteiger partial charge in [-0.15, -0.1) is 0 Å². The van der Waals surface area contributed by atoms with Gasteiger partial charge >= 0.3 is 0 Å². The average Bonchev–Trinajstić information content (AvgIpc) is 2.46. The van der Waals surface area contributed by atoms with E-state index in [1.54, 1.807) is 0 Å². The van der Waals surface area contributed by atoms with Crippen LogP contribution in [0.5, 0.6) is 0 Å². The number of fused-ring (bicyclic) bond motifs is 1. The van der Waals surface area contributed by atoms with E-state index in [9.17, 15) is 0 Å². The first-order valence-corrected chi connectivity index (χ1v) is 6.49. The van der Waals surface area contributed by atoms with Crippen LogP contribution in [0.1, 0.15) is 11.3 Å². The van der Waals surface area contributed by atoms with Crippen molar-refractivity contribution in [2.75, 3.05) is 0 Å². The van der Waals surface area contributed by atoms with Crippen LogP contribution in [0.15, 0.2) is 60.8 Å². The first-order chi connectivity index (χ1) is 9.34. The van der Waals surface area contributed by atoms with E-state index in [1.807, 2.05) is 60.8 Å². The van der Waals surface area contributed by atoms with Gasteiger partial charge in [-0.25, -0.2) is 0 Å². The van der Waals surface area contributed by atoms with Gasteiger partial charge in [-0.1, -0.05) is 60.1 Å². The molecule has 2 heteroatoms. The third kappa shape index (κ3) is 2.51. The molecule has 1 nitrogen and oxygen atoms in total. The molecule has 92 valence electrons. The highest BCUT2D eigenvalue weighted by molar-refractivity contribution is 6.32. The molecule has 0 aliphatic heterocycles. The van der Waals surface area contributed by atoms with Crippen LogP contribution in [0.4, 0.5) is 0 Å². The Morgan fingerprint density at radius 3 is 2.53 bits per heavy atom. The zero-order valence-corrected chi connectivity index (χ0v) is 11.0. The number of pyridine rings is 1. The molecule has 19 heavy (non-hydrogen) atoms. The first kappa shape index (κ1) is 11.9. The Labute approximate surface area is 117 Å². The van der Waals surface area contributed by atoms with Crippen molar-refractivity contribution in [3.05, 3.63) is 77.1 Å². The number of benzene rings is 2. The molecule has 0 N–H and O–H groups in total. The van der Waals surface area contributed by atoms with Crippen LogP contribution in [0.25, 0.3) is 22.9 Å². The van der Waals surface area contributed by atoms with Crippen LogP contribution in [-0.2, 0) is 0 Å². The van der Waals surface area contributed by atoms with E-state index in [2.05, 4.69) is 17.1 Å². The van der Waals surface area contributed by atoms with Gasteiger partial charge < -0.3 is 0 Å². The minimum Gasteiger partial charge on any atom is -0.256 e. The van der Waals surface area contributed by atoms with E-state index in [-0.39, 0.29) is 0 Å². The third-order valence-corrected chi connectivity index (χ3v) is 3.37. The van der Waals surface area contributed by atoms with Crippen molar-refractivity contribution in [2.45, 2.75) is 0 Å². The fourth-order valence-corrected chi connectivity index (χ4v) is 2.25. The Bertz CT molecular complexity index is 742. The van der Waals surface area contributed by atoms with Crippen LogP contribution < -0.4 is 0 Å². The lowest BCUT2D eigenvalue weighted by Gasteiger charge is -2.01. The highest BCUT2D eigenvalue weighted by atomic mass is 35.5. The topological polar surface area (TPSA) is 12.9 Å². The average molecular weight is 266 g/mol. The quantitative estimate of drug-likeness (QED) is 0.631. The fraction of sp³-hybridized carbons (Fsp3) is 0. The van der Waals surface area contributed by atoms with Gasteiger partial charge in [-0.05, 0) is 29.2 Å². The summed E-state index contributed by atoms with van der Waals surface area (Å²) in [6, 6.07) is 18.0. The zero-order valence-electron chi connectivity index (χ0n) is 10.3. The molecule has 3 rings (SSSR count). The van der Waals surface area contributed by atoms with Gasteiger partial charge in [0.1, 0.15) is 0 Å². The summed E-state index contributed by atoms with van der Waals surface area (Å²) < 4.78 is 0. The van der Waals surface area contributed by atoms with Crippen molar-refractivity contribution in [1.29, 1.82) is 0 Å². The van der Waals surface area contributed by atoms with Crippen molar-refractivity contribution < 1.29 is 0 Å². The Hall–Kier alpha value is -2.12. The third-order valence-electron chi connectivity index (χ3n) is 3.03. The summed E-state index contributed by atoms with van der Waals surface area (Å²) in [5.74, 6) is 0. The monoisotopic (exact) mass is 265 g/mol. The number of halogens is 1. The molecular formula is C17H12ClN. The summed E-state index contributed by atoms with van der Waals surface area (Å²) in [6.45, 7) is 0. The highest BCUT2D eigenvalue weighted by Crippen LogP contribution is 2.21. The minimum absolute atomic E-state index is 0.749. The van der Waals surface area contributed by atoms with E-state index in [1.165, 1.54) is 5.39 Å². The summed E-state index contributed by atoms with van der Waals surface area (Å²) in [6.07, 6.45) is 5.83. The summed E-state index contributed by atoms with van der Waals surface area (Å²) in [5, 5.41) is 3.09. The summed E-state index contributed by atoms with van der Waals surface area (Å²) in [4.78, 5) is 4.42. The molecule has 0 radical (unpaired) electrons. The first-order valence-electron chi connectivity index (χ1n) is 6.11. The molecule has 0 fully saturated rings. The van der Waals surface area contributed by atoms with Crippen molar-refractivity contribution in [3.8, 4) is 0 Å². The molecule has 3 aromatic rings. The molecule has 1 heterocycles. The maximum absolute atomic E-state index is 6.14. The molecule has 0 saturated heterocycles. The molecule has 0 spiro atoms. The van der Waals surface area contributed by atoms with E-state index >= 15 is 0 Å². The Kier molecular flexibility index (Phi) is 3.30. The van der Waals surface area contributed by atoms with E-state index < -0.39 is 0 Å². The van der Waals surface area contributed by atoms with Gasteiger partial charge in [0.05, 0.1) is 5.69 Å². The number of rotatable bonds is 2. The van der Waals surface area contributed by atoms with E-state index in [0.717, 1.165) is 21.7 Å². The minimum atomic E-state index is 0.749. The second kappa shape index (κ2) is 5.25. The van der Waals surface area contributed by atoms with Gasteiger partial charge in [0.2, 0.25) is 0 Å². The van der Waals surface area contributed by atoms with E-state index in [4.69, 9.17) is 11.6 Å². The van der Waals surface area contributed by atoms with Crippen LogP contribution in [0, 0.1) is 0 Å². The second-order valence-electron chi connectivity index (χ2n) is 4.27. The van der Waals surface area contributed by atoms with Gasteiger partial charge in [-0.2, -0.15) is 0 Å². The van der Waals surface area contributed by atoms with Gasteiger partial charge in [0, 0.05) is 16.6 Å². The predicted octanol–water partition coefficient (Wildman–Crippen LogP) is 5.06. The molecular weight excluding hydrogens is 254 g/mol. The van der Waals surface area contributed by atoms with Crippen LogP contribution in [0.3, 0.4) is 0 Å². The zero-order chi connectivity index (χ0) is 13.1. The van der Waals surface area contributed by atoms with Crippen molar-refractivity contribution >= 4 is 34.5 Å². The molecule has 0 saturated carbocycles. The van der Waals surface area contributed by atoms with Crippen LogP contribution in [-0.4, -0.2) is 4.98 Å². The SMILES string of the molecule is Clc1ccccc1/C=C\c1nccc2ccccc12. The maximum atomic E-state index is 6.14. The van der Waals surface area contributed by atoms with Gasteiger partial charge in [0.25, 0.3) is 0 Å². The van der Waals surface area contributed by atoms with Crippen LogP contribution in [0.2, 0.25) is 5.02 Å². The smallest absolute Gasteiger partial charge is 0.0708 e. The Morgan fingerprint density at radius 1 is 0.842 bits per heavy atom. The standard InChI is InChI=1S/C17H12ClN/c18-16-8-4-2-6-14(16)9-10-17-15-7-3-1-5-13(15)11-12-19-17/h1-12H/b10-9-. The number of aromatic nitrogens is 1. The van der Waals surface area contributed by atoms with Gasteiger partial charge in [-0.3, -0.25) is 4.98 Å². The molecule has 0 bridgehead atoms. The number of hydrogen-bond donors (Lipinski definition) is 0. The lowest BCUT2D eigenvalue weighted by molar-refractivity contribution is 1.33. The lowest BCUT2D eigenvalue weighted by Crippen LogP contribution is -1.83. The molecule has 0 aliphatic carbocycles. The van der Waals surface area contributed by atoms with Crippen molar-refractivity contribution in [1.82, 2.24) is 4.98 Å². The van der Waals surface area contributed by atoms with Crippen molar-refractivity contribution in [3.63, 3.8) is 0 Å². The van der Waals surface area contributed by atoms with E-state index in [0.29, 0.717) is 0 Å². The molecule has 0 amide bonds. The summed E-state index contributed by atoms with van der Waals surface area (Å²) >= 11 is 6.14. The molecule has 0 unspecified atom stereocenters. The van der Waals surface area contributed by atoms with Crippen LogP contribution >= 0.6 is 11.6 Å². The lowest BCUT2D eigenvalue weighted by atomic mass is 10.1. The normalized spacial score (nSPS) is 11.2. The summed E-state index contributed by atoms with van der Waals surface area (Å²) in [7, 11) is 0. The Morgan fingerprint density at radius 2 is 1.63 bits per heavy atom. The second-order valence-corrected chi connectivity index (χ2v) is 4.68. The summed E-state index contributed by atoms with van der Waals surface area (Å²) in [5.41, 5.74) is 1.96. The molecule has 2 aromatic carbocycles. The highest BCUT2D eigenvalue weighted by Gasteiger charge is 1.99. The number of hydrogen-bond acceptors (Lipinski definition) is 1.